The van der Waals surface area contributed by atoms with Crippen LogP contribution in [0.5, 0.6) is 17.2 Å². The van der Waals surface area contributed by atoms with Crippen LogP contribution in [0.15, 0.2) is 18.3 Å². The molecule has 3 N–H and O–H groups in total. The Labute approximate surface area is 153 Å². The normalized spacial score (nSPS) is 10.2. The van der Waals surface area contributed by atoms with E-state index in [-0.39, 0.29) is 0 Å². The number of benzene rings is 1. The molecule has 0 aliphatic rings. The molecular weight excluding hydrogens is 334 g/mol. The van der Waals surface area contributed by atoms with Crippen molar-refractivity contribution in [3.63, 3.8) is 0 Å². The zero-order valence-corrected chi connectivity index (χ0v) is 16.1. The lowest BCUT2D eigenvalue weighted by atomic mass is 10.1. The highest BCUT2D eigenvalue weighted by Gasteiger charge is 2.15. The molecular formula is C18H26N5O3+. The van der Waals surface area contributed by atoms with Crippen LogP contribution in [0.1, 0.15) is 18.1 Å². The van der Waals surface area contributed by atoms with Crippen molar-refractivity contribution in [3.05, 3.63) is 29.5 Å². The molecule has 1 heterocycles. The molecule has 0 spiro atoms. The maximum atomic E-state index is 6.12. The summed E-state index contributed by atoms with van der Waals surface area (Å²) in [6.07, 6.45) is 2.26. The highest BCUT2D eigenvalue weighted by molar-refractivity contribution is 5.87. The lowest BCUT2D eigenvalue weighted by Gasteiger charge is -2.14. The number of nitrogens with two attached hydrogens (primary N) is 1. The van der Waals surface area contributed by atoms with Crippen molar-refractivity contribution in [1.29, 1.82) is 0 Å². The van der Waals surface area contributed by atoms with Crippen LogP contribution >= 0.6 is 0 Å². The third-order valence-corrected chi connectivity index (χ3v) is 3.98. The van der Waals surface area contributed by atoms with Gasteiger partial charge in [0, 0.05) is 25.1 Å². The van der Waals surface area contributed by atoms with E-state index in [2.05, 4.69) is 15.3 Å². The summed E-state index contributed by atoms with van der Waals surface area (Å²) in [6.45, 7) is 1.93. The molecule has 2 aromatic rings. The lowest BCUT2D eigenvalue weighted by Crippen LogP contribution is -2.20. The number of ether oxygens (including phenoxy) is 3. The summed E-state index contributed by atoms with van der Waals surface area (Å²) >= 11 is 0. The zero-order chi connectivity index (χ0) is 19.3. The van der Waals surface area contributed by atoms with Crippen LogP contribution in [0.25, 0.3) is 0 Å². The zero-order valence-electron chi connectivity index (χ0n) is 16.1. The van der Waals surface area contributed by atoms with Crippen molar-refractivity contribution in [2.75, 3.05) is 46.5 Å². The van der Waals surface area contributed by atoms with Crippen molar-refractivity contribution in [2.45, 2.75) is 13.3 Å². The maximum absolute atomic E-state index is 6.12. The van der Waals surface area contributed by atoms with Gasteiger partial charge in [-0.15, -0.1) is 0 Å². The Bertz CT molecular complexity index is 791. The van der Waals surface area contributed by atoms with E-state index in [0.717, 1.165) is 17.0 Å². The summed E-state index contributed by atoms with van der Waals surface area (Å²) < 4.78 is 18.1. The number of aromatic nitrogens is 2. The van der Waals surface area contributed by atoms with Crippen LogP contribution in [0.4, 0.5) is 11.8 Å². The fraction of sp³-hybridized carbons (Fsp3) is 0.389. The lowest BCUT2D eigenvalue weighted by molar-refractivity contribution is -0.464. The molecule has 0 saturated carbocycles. The van der Waals surface area contributed by atoms with Gasteiger partial charge in [0.05, 0.1) is 35.4 Å². The SMILES string of the molecule is COc1cc(Cc2cnc(NC(C)=[N+](C)C)nc2N)cc(OC)c1OC. The molecule has 0 aliphatic carbocycles. The van der Waals surface area contributed by atoms with Crippen LogP contribution in [0, 0.1) is 0 Å². The molecule has 26 heavy (non-hydrogen) atoms. The van der Waals surface area contributed by atoms with Gasteiger partial charge in [-0.3, -0.25) is 4.58 Å². The van der Waals surface area contributed by atoms with Gasteiger partial charge in [-0.2, -0.15) is 9.97 Å². The predicted molar refractivity (Wildman–Crippen MR) is 102 cm³/mol. The van der Waals surface area contributed by atoms with Crippen molar-refractivity contribution in [2.24, 2.45) is 0 Å². The average Bonchev–Trinajstić information content (AvgIpc) is 2.62. The van der Waals surface area contributed by atoms with Crippen LogP contribution in [0.3, 0.4) is 0 Å². The summed E-state index contributed by atoms with van der Waals surface area (Å²) in [5.74, 6) is 3.54. The molecule has 0 saturated heterocycles. The molecule has 1 aromatic heterocycles. The number of amidine groups is 1. The molecule has 0 bridgehead atoms. The molecule has 140 valence electrons. The number of methoxy groups -OCH3 is 3. The molecule has 0 fully saturated rings. The first-order valence-corrected chi connectivity index (χ1v) is 8.07. The summed E-state index contributed by atoms with van der Waals surface area (Å²) in [6, 6.07) is 3.77. The third kappa shape index (κ3) is 4.33. The van der Waals surface area contributed by atoms with Crippen LogP contribution in [-0.4, -0.2) is 55.8 Å². The second-order valence-electron chi connectivity index (χ2n) is 5.92. The van der Waals surface area contributed by atoms with Gasteiger partial charge in [0.15, 0.2) is 11.5 Å². The number of nitrogen functional groups attached to an aromatic ring is 1. The quantitative estimate of drug-likeness (QED) is 0.461. The predicted octanol–water partition coefficient (Wildman–Crippen LogP) is 1.78. The largest absolute Gasteiger partial charge is 0.493 e. The van der Waals surface area contributed by atoms with E-state index in [0.29, 0.717) is 35.4 Å². The topological polar surface area (TPSA) is 94.5 Å². The summed E-state index contributed by atoms with van der Waals surface area (Å²) in [4.78, 5) is 8.67. The van der Waals surface area contributed by atoms with Crippen molar-refractivity contribution >= 4 is 17.6 Å². The highest BCUT2D eigenvalue weighted by atomic mass is 16.5. The number of hydrogen-bond acceptors (Lipinski definition) is 6. The number of anilines is 2. The van der Waals surface area contributed by atoms with Crippen LogP contribution in [0.2, 0.25) is 0 Å². The van der Waals surface area contributed by atoms with Gasteiger partial charge in [-0.05, 0) is 17.7 Å². The molecule has 8 nitrogen and oxygen atoms in total. The van der Waals surface area contributed by atoms with E-state index in [9.17, 15) is 0 Å². The molecule has 0 aliphatic heterocycles. The molecule has 0 amide bonds. The Morgan fingerprint density at radius 1 is 1.12 bits per heavy atom. The van der Waals surface area contributed by atoms with Crippen molar-refractivity contribution < 1.29 is 18.8 Å². The first kappa shape index (κ1) is 19.3. The Hall–Kier alpha value is -3.03. The summed E-state index contributed by atoms with van der Waals surface area (Å²) in [5.41, 5.74) is 7.88. The second kappa shape index (κ2) is 8.37. The number of hydrogen-bond donors (Lipinski definition) is 2. The fourth-order valence-electron chi connectivity index (χ4n) is 2.35. The van der Waals surface area contributed by atoms with E-state index >= 15 is 0 Å². The van der Waals surface area contributed by atoms with E-state index in [1.807, 2.05) is 37.7 Å². The number of rotatable bonds is 6. The van der Waals surface area contributed by atoms with Crippen LogP contribution < -0.4 is 25.3 Å². The van der Waals surface area contributed by atoms with Crippen molar-refractivity contribution in [3.8, 4) is 17.2 Å². The number of nitrogens with zero attached hydrogens (tertiary/aromatic N) is 3. The molecule has 2 rings (SSSR count). The minimum atomic E-state index is 0.419. The van der Waals surface area contributed by atoms with Gasteiger partial charge in [0.1, 0.15) is 5.82 Å². The van der Waals surface area contributed by atoms with Gasteiger partial charge in [0.25, 0.3) is 0 Å². The minimum Gasteiger partial charge on any atom is -0.493 e. The monoisotopic (exact) mass is 360 g/mol. The Balaban J connectivity index is 2.30. The Morgan fingerprint density at radius 3 is 2.19 bits per heavy atom. The van der Waals surface area contributed by atoms with E-state index in [1.54, 1.807) is 27.5 Å². The van der Waals surface area contributed by atoms with E-state index in [4.69, 9.17) is 19.9 Å². The minimum absolute atomic E-state index is 0.419. The van der Waals surface area contributed by atoms with Gasteiger partial charge >= 0.3 is 5.95 Å². The Morgan fingerprint density at radius 2 is 1.73 bits per heavy atom. The molecule has 8 heteroatoms. The van der Waals surface area contributed by atoms with Crippen molar-refractivity contribution in [1.82, 2.24) is 9.97 Å². The molecule has 0 unspecified atom stereocenters. The van der Waals surface area contributed by atoms with Crippen LogP contribution in [-0.2, 0) is 6.42 Å². The van der Waals surface area contributed by atoms with E-state index in [1.165, 1.54) is 0 Å². The van der Waals surface area contributed by atoms with Gasteiger partial charge in [-0.25, -0.2) is 5.32 Å². The van der Waals surface area contributed by atoms with Gasteiger partial charge < -0.3 is 19.9 Å². The highest BCUT2D eigenvalue weighted by Crippen LogP contribution is 2.38. The molecule has 0 radical (unpaired) electrons. The average molecular weight is 360 g/mol. The summed E-state index contributed by atoms with van der Waals surface area (Å²) in [7, 11) is 8.62. The number of nitrogens with one attached hydrogen (secondary N) is 1. The van der Waals surface area contributed by atoms with E-state index < -0.39 is 0 Å². The Kier molecular flexibility index (Phi) is 6.21. The van der Waals surface area contributed by atoms with Gasteiger partial charge in [-0.1, -0.05) is 0 Å². The first-order chi connectivity index (χ1) is 12.4. The smallest absolute Gasteiger partial charge is 0.320 e. The second-order valence-corrected chi connectivity index (χ2v) is 5.92. The third-order valence-electron chi connectivity index (χ3n) is 3.98. The first-order valence-electron chi connectivity index (χ1n) is 8.07. The standard InChI is InChI=1S/C18H25N5O3/c1-11(23(2)3)21-18-20-10-13(17(19)22-18)7-12-8-14(24-4)16(26-6)15(9-12)25-5/h8-10H,7H2,1-6H3,(H2,19,20,22)/p+1. The summed E-state index contributed by atoms with van der Waals surface area (Å²) in [5, 5.41) is 3.11. The molecule has 0 atom stereocenters. The maximum Gasteiger partial charge on any atom is 0.320 e. The van der Waals surface area contributed by atoms with Gasteiger partial charge in [0.2, 0.25) is 11.6 Å². The molecule has 1 aromatic carbocycles. The fourth-order valence-corrected chi connectivity index (χ4v) is 2.35.